The molecule has 1 aliphatic carbocycles. The van der Waals surface area contributed by atoms with E-state index < -0.39 is 11.4 Å². The molecule has 0 saturated heterocycles. The van der Waals surface area contributed by atoms with Gasteiger partial charge in [-0.25, -0.2) is 0 Å². The van der Waals surface area contributed by atoms with E-state index in [9.17, 15) is 9.90 Å². The van der Waals surface area contributed by atoms with Crippen LogP contribution >= 0.6 is 0 Å². The molecule has 3 nitrogen and oxygen atoms in total. The second-order valence-corrected chi connectivity index (χ2v) is 4.89. The Morgan fingerprint density at radius 1 is 1.23 bits per heavy atom. The molecule has 13 heavy (non-hydrogen) atoms. The molecule has 76 valence electrons. The predicted octanol–water partition coefficient (Wildman–Crippen LogP) is 1.77. The first kappa shape index (κ1) is 10.5. The van der Waals surface area contributed by atoms with Crippen molar-refractivity contribution >= 4 is 5.97 Å². The molecule has 0 aromatic rings. The molecule has 0 aliphatic heterocycles. The van der Waals surface area contributed by atoms with E-state index in [2.05, 4.69) is 0 Å². The molecule has 0 heterocycles. The van der Waals surface area contributed by atoms with Gasteiger partial charge in [0, 0.05) is 7.11 Å². The van der Waals surface area contributed by atoms with E-state index >= 15 is 0 Å². The minimum Gasteiger partial charge on any atom is -0.481 e. The second kappa shape index (κ2) is 2.47. The fourth-order valence-corrected chi connectivity index (χ4v) is 2.60. The summed E-state index contributed by atoms with van der Waals surface area (Å²) in [6, 6.07) is 0. The lowest BCUT2D eigenvalue weighted by atomic mass is 9.96. The van der Waals surface area contributed by atoms with Gasteiger partial charge in [0.15, 0.2) is 0 Å². The Labute approximate surface area is 79.1 Å². The molecule has 1 saturated carbocycles. The maximum atomic E-state index is 11.2. The molecule has 0 radical (unpaired) electrons. The highest BCUT2D eigenvalue weighted by Crippen LogP contribution is 2.77. The first-order valence-electron chi connectivity index (χ1n) is 4.48. The van der Waals surface area contributed by atoms with Crippen molar-refractivity contribution in [1.82, 2.24) is 0 Å². The Hall–Kier alpha value is -0.570. The van der Waals surface area contributed by atoms with Gasteiger partial charge in [0.1, 0.15) is 5.41 Å². The van der Waals surface area contributed by atoms with E-state index in [1.54, 1.807) is 7.11 Å². The van der Waals surface area contributed by atoms with Crippen molar-refractivity contribution in [2.75, 3.05) is 13.7 Å². The number of ether oxygens (including phenoxy) is 1. The Morgan fingerprint density at radius 3 is 1.69 bits per heavy atom. The summed E-state index contributed by atoms with van der Waals surface area (Å²) in [5.41, 5.74) is -1.10. The Balaban J connectivity index is 3.05. The van der Waals surface area contributed by atoms with E-state index in [1.165, 1.54) is 0 Å². The minimum atomic E-state index is -0.746. The maximum Gasteiger partial charge on any atom is 0.313 e. The Kier molecular flexibility index (Phi) is 2.00. The van der Waals surface area contributed by atoms with Gasteiger partial charge in [-0.05, 0) is 10.8 Å². The van der Waals surface area contributed by atoms with Gasteiger partial charge in [-0.15, -0.1) is 0 Å². The van der Waals surface area contributed by atoms with Crippen molar-refractivity contribution in [3.63, 3.8) is 0 Å². The van der Waals surface area contributed by atoms with E-state index in [-0.39, 0.29) is 10.8 Å². The number of rotatable bonds is 3. The molecule has 1 N–H and O–H groups in total. The minimum absolute atomic E-state index is 0.193. The van der Waals surface area contributed by atoms with Crippen LogP contribution in [-0.2, 0) is 9.53 Å². The van der Waals surface area contributed by atoms with Gasteiger partial charge in [-0.3, -0.25) is 4.79 Å². The summed E-state index contributed by atoms with van der Waals surface area (Å²) in [5.74, 6) is -0.746. The highest BCUT2D eigenvalue weighted by atomic mass is 16.5. The molecular formula is C10H18O3. The zero-order chi connectivity index (χ0) is 10.5. The summed E-state index contributed by atoms with van der Waals surface area (Å²) in [5, 5.41) is 9.23. The molecular weight excluding hydrogens is 168 g/mol. The van der Waals surface area contributed by atoms with Gasteiger partial charge >= 0.3 is 5.97 Å². The van der Waals surface area contributed by atoms with Gasteiger partial charge in [-0.2, -0.15) is 0 Å². The van der Waals surface area contributed by atoms with Crippen LogP contribution in [0.3, 0.4) is 0 Å². The van der Waals surface area contributed by atoms with Crippen molar-refractivity contribution < 1.29 is 14.6 Å². The average Bonchev–Trinajstić information content (AvgIpc) is 2.29. The molecule has 0 amide bonds. The molecule has 1 fully saturated rings. The number of aliphatic carboxylic acids is 1. The summed E-state index contributed by atoms with van der Waals surface area (Å²) in [7, 11) is 1.55. The topological polar surface area (TPSA) is 46.5 Å². The number of carboxylic acid groups (broad SMARTS) is 1. The number of carbonyl (C=O) groups is 1. The third kappa shape index (κ3) is 0.857. The van der Waals surface area contributed by atoms with Crippen LogP contribution in [0.15, 0.2) is 0 Å². The fourth-order valence-electron chi connectivity index (χ4n) is 2.60. The van der Waals surface area contributed by atoms with Gasteiger partial charge in [-0.1, -0.05) is 27.7 Å². The maximum absolute atomic E-state index is 11.2. The molecule has 0 bridgehead atoms. The number of hydrogen-bond donors (Lipinski definition) is 1. The summed E-state index contributed by atoms with van der Waals surface area (Å²) in [4.78, 5) is 11.2. The summed E-state index contributed by atoms with van der Waals surface area (Å²) in [6.45, 7) is 8.24. The second-order valence-electron chi connectivity index (χ2n) is 4.89. The van der Waals surface area contributed by atoms with Crippen molar-refractivity contribution in [2.24, 2.45) is 16.2 Å². The van der Waals surface area contributed by atoms with Crippen LogP contribution in [0.25, 0.3) is 0 Å². The van der Waals surface area contributed by atoms with Crippen LogP contribution in [0.2, 0.25) is 0 Å². The Bertz CT molecular complexity index is 227. The van der Waals surface area contributed by atoms with E-state index in [1.807, 2.05) is 27.7 Å². The van der Waals surface area contributed by atoms with Crippen molar-refractivity contribution in [3.05, 3.63) is 0 Å². The summed E-state index contributed by atoms with van der Waals surface area (Å²) in [6.07, 6.45) is 0. The van der Waals surface area contributed by atoms with Gasteiger partial charge < -0.3 is 9.84 Å². The highest BCUT2D eigenvalue weighted by molar-refractivity contribution is 5.82. The van der Waals surface area contributed by atoms with Gasteiger partial charge in [0.05, 0.1) is 6.61 Å². The normalized spacial score (nSPS) is 26.8. The van der Waals surface area contributed by atoms with Crippen LogP contribution in [-0.4, -0.2) is 24.8 Å². The SMILES string of the molecule is COCC1(C(=O)O)C(C)(C)C1(C)C. The monoisotopic (exact) mass is 186 g/mol. The summed E-state index contributed by atoms with van der Waals surface area (Å²) >= 11 is 0. The first-order valence-corrected chi connectivity index (χ1v) is 4.48. The fraction of sp³-hybridized carbons (Fsp3) is 0.900. The van der Waals surface area contributed by atoms with Crippen molar-refractivity contribution in [1.29, 1.82) is 0 Å². The number of carboxylic acids is 1. The van der Waals surface area contributed by atoms with Crippen LogP contribution in [0.5, 0.6) is 0 Å². The highest BCUT2D eigenvalue weighted by Gasteiger charge is 2.81. The Morgan fingerprint density at radius 2 is 1.62 bits per heavy atom. The smallest absolute Gasteiger partial charge is 0.313 e. The zero-order valence-corrected chi connectivity index (χ0v) is 8.97. The van der Waals surface area contributed by atoms with Gasteiger partial charge in [0.25, 0.3) is 0 Å². The number of hydrogen-bond acceptors (Lipinski definition) is 2. The quantitative estimate of drug-likeness (QED) is 0.730. The first-order chi connectivity index (χ1) is 5.75. The largest absolute Gasteiger partial charge is 0.481 e. The van der Waals surface area contributed by atoms with Gasteiger partial charge in [0.2, 0.25) is 0 Å². The lowest BCUT2D eigenvalue weighted by Gasteiger charge is -2.14. The summed E-state index contributed by atoms with van der Waals surface area (Å²) < 4.78 is 5.02. The molecule has 0 aromatic heterocycles. The van der Waals surface area contributed by atoms with Crippen molar-refractivity contribution in [2.45, 2.75) is 27.7 Å². The van der Waals surface area contributed by atoms with Crippen LogP contribution < -0.4 is 0 Å². The van der Waals surface area contributed by atoms with E-state index in [4.69, 9.17) is 4.74 Å². The molecule has 1 rings (SSSR count). The number of methoxy groups -OCH3 is 1. The molecule has 0 atom stereocenters. The standard InChI is InChI=1S/C10H18O3/c1-8(2)9(3,4)10(8,6-13-5)7(11)12/h6H2,1-5H3,(H,11,12). The lowest BCUT2D eigenvalue weighted by Crippen LogP contribution is -2.28. The molecule has 0 aromatic carbocycles. The van der Waals surface area contributed by atoms with Crippen LogP contribution in [0, 0.1) is 16.2 Å². The average molecular weight is 186 g/mol. The zero-order valence-electron chi connectivity index (χ0n) is 8.97. The third-order valence-electron chi connectivity index (χ3n) is 4.36. The molecule has 0 spiro atoms. The van der Waals surface area contributed by atoms with E-state index in [0.717, 1.165) is 0 Å². The van der Waals surface area contributed by atoms with E-state index in [0.29, 0.717) is 6.61 Å². The lowest BCUT2D eigenvalue weighted by molar-refractivity contribution is -0.148. The van der Waals surface area contributed by atoms with Crippen LogP contribution in [0.1, 0.15) is 27.7 Å². The predicted molar refractivity (Wildman–Crippen MR) is 49.5 cm³/mol. The molecule has 0 unspecified atom stereocenters. The van der Waals surface area contributed by atoms with Crippen LogP contribution in [0.4, 0.5) is 0 Å². The molecule has 3 heteroatoms. The van der Waals surface area contributed by atoms with Crippen molar-refractivity contribution in [3.8, 4) is 0 Å². The molecule has 1 aliphatic rings. The third-order valence-corrected chi connectivity index (χ3v) is 4.36.